The lowest BCUT2D eigenvalue weighted by Crippen LogP contribution is -2.23. The third-order valence-electron chi connectivity index (χ3n) is 2.65. The molecule has 1 heterocycles. The lowest BCUT2D eigenvalue weighted by atomic mass is 10.2. The zero-order chi connectivity index (χ0) is 13.1. The van der Waals surface area contributed by atoms with Crippen molar-refractivity contribution in [3.05, 3.63) is 47.8 Å². The van der Waals surface area contributed by atoms with E-state index in [1.807, 2.05) is 29.9 Å². The van der Waals surface area contributed by atoms with Crippen LogP contribution in [0.2, 0.25) is 0 Å². The Kier molecular flexibility index (Phi) is 3.23. The summed E-state index contributed by atoms with van der Waals surface area (Å²) in [4.78, 5) is 11.8. The molecule has 2 aromatic rings. The first-order valence-electron chi connectivity index (χ1n) is 5.47. The number of phenols is 2. The molecule has 1 aromatic heterocycles. The van der Waals surface area contributed by atoms with Gasteiger partial charge in [-0.25, -0.2) is 0 Å². The molecule has 1 aromatic carbocycles. The van der Waals surface area contributed by atoms with Crippen molar-refractivity contribution < 1.29 is 15.0 Å². The summed E-state index contributed by atoms with van der Waals surface area (Å²) in [5.41, 5.74) is 1.19. The van der Waals surface area contributed by atoms with Crippen LogP contribution in [0.15, 0.2) is 36.5 Å². The quantitative estimate of drug-likeness (QED) is 0.765. The highest BCUT2D eigenvalue weighted by Crippen LogP contribution is 2.20. The van der Waals surface area contributed by atoms with E-state index >= 15 is 0 Å². The molecule has 0 bridgehead atoms. The van der Waals surface area contributed by atoms with Crippen molar-refractivity contribution >= 4 is 5.91 Å². The van der Waals surface area contributed by atoms with Crippen LogP contribution < -0.4 is 5.32 Å². The summed E-state index contributed by atoms with van der Waals surface area (Å²) >= 11 is 0. The molecule has 3 N–H and O–H groups in total. The summed E-state index contributed by atoms with van der Waals surface area (Å²) in [7, 11) is 1.89. The Morgan fingerprint density at radius 3 is 2.50 bits per heavy atom. The molecule has 0 aliphatic heterocycles. The Hall–Kier alpha value is -2.43. The number of aromatic hydroxyl groups is 2. The van der Waals surface area contributed by atoms with Crippen molar-refractivity contribution in [3.63, 3.8) is 0 Å². The van der Waals surface area contributed by atoms with E-state index in [4.69, 9.17) is 0 Å². The van der Waals surface area contributed by atoms with Crippen LogP contribution in [0.25, 0.3) is 0 Å². The Morgan fingerprint density at radius 2 is 1.94 bits per heavy atom. The van der Waals surface area contributed by atoms with E-state index < -0.39 is 0 Å². The molecule has 94 valence electrons. The fourth-order valence-corrected chi connectivity index (χ4v) is 1.68. The largest absolute Gasteiger partial charge is 0.508 e. The van der Waals surface area contributed by atoms with E-state index in [-0.39, 0.29) is 23.0 Å². The summed E-state index contributed by atoms with van der Waals surface area (Å²) in [5.74, 6) is -0.625. The van der Waals surface area contributed by atoms with Crippen molar-refractivity contribution in [1.82, 2.24) is 9.88 Å². The topological polar surface area (TPSA) is 74.5 Å². The molecule has 0 unspecified atom stereocenters. The SMILES string of the molecule is Cn1cccc1CNC(=O)c1cc(O)cc(O)c1. The van der Waals surface area contributed by atoms with Gasteiger partial charge in [-0.15, -0.1) is 0 Å². The summed E-state index contributed by atoms with van der Waals surface area (Å²) in [6.45, 7) is 0.388. The first kappa shape index (κ1) is 12.0. The van der Waals surface area contributed by atoms with Gasteiger partial charge in [0.2, 0.25) is 0 Å². The van der Waals surface area contributed by atoms with Crippen LogP contribution >= 0.6 is 0 Å². The third kappa shape index (κ3) is 2.63. The summed E-state index contributed by atoms with van der Waals surface area (Å²) in [5, 5.41) is 21.3. The highest BCUT2D eigenvalue weighted by molar-refractivity contribution is 5.94. The van der Waals surface area contributed by atoms with Crippen molar-refractivity contribution in [3.8, 4) is 11.5 Å². The molecule has 18 heavy (non-hydrogen) atoms. The molecular formula is C13H14N2O3. The molecule has 0 radical (unpaired) electrons. The lowest BCUT2D eigenvalue weighted by Gasteiger charge is -2.07. The number of nitrogens with one attached hydrogen (secondary N) is 1. The van der Waals surface area contributed by atoms with Crippen molar-refractivity contribution in [2.75, 3.05) is 0 Å². The van der Waals surface area contributed by atoms with E-state index in [9.17, 15) is 15.0 Å². The number of aryl methyl sites for hydroxylation is 1. The number of hydrogen-bond acceptors (Lipinski definition) is 3. The zero-order valence-corrected chi connectivity index (χ0v) is 9.92. The van der Waals surface area contributed by atoms with Crippen LogP contribution in [-0.4, -0.2) is 20.7 Å². The molecule has 0 aliphatic carbocycles. The molecule has 0 atom stereocenters. The van der Waals surface area contributed by atoms with Crippen LogP contribution in [0.4, 0.5) is 0 Å². The molecule has 0 saturated carbocycles. The average molecular weight is 246 g/mol. The van der Waals surface area contributed by atoms with Gasteiger partial charge >= 0.3 is 0 Å². The second-order valence-electron chi connectivity index (χ2n) is 4.03. The minimum absolute atomic E-state index is 0.140. The average Bonchev–Trinajstić information content (AvgIpc) is 2.70. The van der Waals surface area contributed by atoms with Gasteiger partial charge in [0.25, 0.3) is 5.91 Å². The molecule has 0 aliphatic rings. The number of carbonyl (C=O) groups excluding carboxylic acids is 1. The summed E-state index contributed by atoms with van der Waals surface area (Å²) in [6.07, 6.45) is 1.89. The maximum absolute atomic E-state index is 11.8. The number of aromatic nitrogens is 1. The minimum Gasteiger partial charge on any atom is -0.508 e. The van der Waals surface area contributed by atoms with Gasteiger partial charge in [0.05, 0.1) is 6.54 Å². The Labute approximate surface area is 104 Å². The van der Waals surface area contributed by atoms with Crippen LogP contribution in [0.3, 0.4) is 0 Å². The molecular weight excluding hydrogens is 232 g/mol. The smallest absolute Gasteiger partial charge is 0.251 e. The number of nitrogens with zero attached hydrogens (tertiary/aromatic N) is 1. The molecule has 5 heteroatoms. The normalized spacial score (nSPS) is 10.3. The predicted molar refractivity (Wildman–Crippen MR) is 66.4 cm³/mol. The van der Waals surface area contributed by atoms with Crippen LogP contribution in [-0.2, 0) is 13.6 Å². The van der Waals surface area contributed by atoms with Crippen molar-refractivity contribution in [2.45, 2.75) is 6.54 Å². The highest BCUT2D eigenvalue weighted by atomic mass is 16.3. The number of amides is 1. The van der Waals surface area contributed by atoms with Crippen molar-refractivity contribution in [1.29, 1.82) is 0 Å². The van der Waals surface area contributed by atoms with Crippen LogP contribution in [0, 0.1) is 0 Å². The van der Waals surface area contributed by atoms with E-state index in [2.05, 4.69) is 5.32 Å². The minimum atomic E-state index is -0.345. The standard InChI is InChI=1S/C13H14N2O3/c1-15-4-2-3-10(15)8-14-13(18)9-5-11(16)7-12(17)6-9/h2-7,16-17H,8H2,1H3,(H,14,18). The second kappa shape index (κ2) is 4.83. The van der Waals surface area contributed by atoms with E-state index in [0.29, 0.717) is 6.54 Å². The van der Waals surface area contributed by atoms with Gasteiger partial charge in [-0.1, -0.05) is 0 Å². The van der Waals surface area contributed by atoms with Crippen LogP contribution in [0.5, 0.6) is 11.5 Å². The number of rotatable bonds is 3. The molecule has 0 saturated heterocycles. The number of benzene rings is 1. The van der Waals surface area contributed by atoms with E-state index in [0.717, 1.165) is 5.69 Å². The van der Waals surface area contributed by atoms with Crippen LogP contribution in [0.1, 0.15) is 16.1 Å². The maximum Gasteiger partial charge on any atom is 0.251 e. The van der Waals surface area contributed by atoms with Gasteiger partial charge in [-0.2, -0.15) is 0 Å². The Bertz CT molecular complexity index is 555. The maximum atomic E-state index is 11.8. The van der Waals surface area contributed by atoms with Gasteiger partial charge in [0.15, 0.2) is 0 Å². The molecule has 1 amide bonds. The number of carbonyl (C=O) groups is 1. The Balaban J connectivity index is 2.06. The summed E-state index contributed by atoms with van der Waals surface area (Å²) < 4.78 is 1.90. The second-order valence-corrected chi connectivity index (χ2v) is 4.03. The van der Waals surface area contributed by atoms with Gasteiger partial charge in [-0.3, -0.25) is 4.79 Å². The van der Waals surface area contributed by atoms with Crippen molar-refractivity contribution in [2.24, 2.45) is 7.05 Å². The van der Waals surface area contributed by atoms with Gasteiger partial charge in [0.1, 0.15) is 11.5 Å². The van der Waals surface area contributed by atoms with Gasteiger partial charge in [-0.05, 0) is 24.3 Å². The third-order valence-corrected chi connectivity index (χ3v) is 2.65. The molecule has 5 nitrogen and oxygen atoms in total. The van der Waals surface area contributed by atoms with E-state index in [1.165, 1.54) is 18.2 Å². The monoisotopic (exact) mass is 246 g/mol. The Morgan fingerprint density at radius 1 is 1.28 bits per heavy atom. The highest BCUT2D eigenvalue weighted by Gasteiger charge is 2.08. The fourth-order valence-electron chi connectivity index (χ4n) is 1.68. The first-order valence-corrected chi connectivity index (χ1v) is 5.47. The molecule has 0 spiro atoms. The number of hydrogen-bond donors (Lipinski definition) is 3. The molecule has 2 rings (SSSR count). The van der Waals surface area contributed by atoms with E-state index in [1.54, 1.807) is 0 Å². The first-order chi connectivity index (χ1) is 8.56. The lowest BCUT2D eigenvalue weighted by molar-refractivity contribution is 0.0949. The number of phenolic OH excluding ortho intramolecular Hbond substituents is 2. The van der Waals surface area contributed by atoms with Gasteiger partial charge in [0, 0.05) is 30.6 Å². The predicted octanol–water partition coefficient (Wildman–Crippen LogP) is 1.37. The fraction of sp³-hybridized carbons (Fsp3) is 0.154. The molecule has 0 fully saturated rings. The van der Waals surface area contributed by atoms with Gasteiger partial charge < -0.3 is 20.1 Å². The zero-order valence-electron chi connectivity index (χ0n) is 9.92. The summed E-state index contributed by atoms with van der Waals surface area (Å²) in [6, 6.07) is 7.58.